The number of rotatable bonds is 2. The van der Waals surface area contributed by atoms with Crippen molar-refractivity contribution < 1.29 is 0 Å². The van der Waals surface area contributed by atoms with E-state index in [0.29, 0.717) is 11.8 Å². The summed E-state index contributed by atoms with van der Waals surface area (Å²) >= 11 is 13.4. The van der Waals surface area contributed by atoms with Crippen molar-refractivity contribution >= 4 is 33.3 Å². The number of hydrogen-bond donors (Lipinski definition) is 0. The first-order valence-corrected chi connectivity index (χ1v) is 9.59. The molecule has 4 rings (SSSR count). The van der Waals surface area contributed by atoms with E-state index in [4.69, 9.17) is 23.2 Å². The minimum absolute atomic E-state index is 0.360. The molecule has 0 N–H and O–H groups in total. The van der Waals surface area contributed by atoms with Crippen LogP contribution in [0.3, 0.4) is 0 Å². The topological polar surface area (TPSA) is 0 Å². The Kier molecular flexibility index (Phi) is 4.09. The van der Waals surface area contributed by atoms with Crippen molar-refractivity contribution in [3.63, 3.8) is 0 Å². The summed E-state index contributed by atoms with van der Waals surface area (Å²) in [6, 6.07) is 13.1. The fraction of sp³-hybridized carbons (Fsp3) is 0.304. The number of benzene rings is 2. The summed E-state index contributed by atoms with van der Waals surface area (Å²) < 4.78 is 0. The van der Waals surface area contributed by atoms with E-state index in [1.165, 1.54) is 44.5 Å². The normalized spacial score (nSPS) is 21.8. The van der Waals surface area contributed by atoms with Gasteiger partial charge in [0.1, 0.15) is 0 Å². The van der Waals surface area contributed by atoms with Crippen LogP contribution in [-0.2, 0) is 0 Å². The molecule has 2 atom stereocenters. The van der Waals surface area contributed by atoms with Gasteiger partial charge in [-0.1, -0.05) is 59.6 Å². The van der Waals surface area contributed by atoms with E-state index >= 15 is 0 Å². The fourth-order valence-electron chi connectivity index (χ4n) is 4.57. The minimum Gasteiger partial charge on any atom is -0.0837 e. The summed E-state index contributed by atoms with van der Waals surface area (Å²) in [7, 11) is 0. The van der Waals surface area contributed by atoms with Crippen molar-refractivity contribution in [1.29, 1.82) is 0 Å². The van der Waals surface area contributed by atoms with Gasteiger partial charge >= 0.3 is 0 Å². The van der Waals surface area contributed by atoms with Gasteiger partial charge in [-0.25, -0.2) is 0 Å². The van der Waals surface area contributed by atoms with Gasteiger partial charge < -0.3 is 0 Å². The predicted molar refractivity (Wildman–Crippen MR) is 109 cm³/mol. The molecule has 0 nitrogen and oxygen atoms in total. The lowest BCUT2D eigenvalue weighted by atomic mass is 9.82. The molecule has 0 amide bonds. The maximum atomic E-state index is 6.71. The van der Waals surface area contributed by atoms with E-state index in [-0.39, 0.29) is 0 Å². The summed E-state index contributed by atoms with van der Waals surface area (Å²) in [4.78, 5) is 0. The van der Waals surface area contributed by atoms with Gasteiger partial charge in [0, 0.05) is 21.9 Å². The number of halogens is 2. The molecule has 0 heterocycles. The molecule has 2 aliphatic carbocycles. The molecule has 0 radical (unpaired) electrons. The van der Waals surface area contributed by atoms with Gasteiger partial charge in [-0.15, -0.1) is 0 Å². The summed E-state index contributed by atoms with van der Waals surface area (Å²) in [5, 5.41) is 1.88. The van der Waals surface area contributed by atoms with Crippen molar-refractivity contribution in [2.45, 2.75) is 46.0 Å². The smallest absolute Gasteiger partial charge is 0.0479 e. The maximum absolute atomic E-state index is 6.71. The van der Waals surface area contributed by atoms with E-state index in [9.17, 15) is 0 Å². The lowest BCUT2D eigenvalue weighted by Gasteiger charge is -2.22. The number of hydrogen-bond acceptors (Lipinski definition) is 0. The first kappa shape index (κ1) is 16.9. The Morgan fingerprint density at radius 1 is 0.680 bits per heavy atom. The highest BCUT2D eigenvalue weighted by molar-refractivity contribution is 6.50. The van der Waals surface area contributed by atoms with Crippen molar-refractivity contribution in [2.24, 2.45) is 0 Å². The third-order valence-corrected chi connectivity index (χ3v) is 6.98. The second kappa shape index (κ2) is 6.04. The van der Waals surface area contributed by atoms with Gasteiger partial charge in [-0.3, -0.25) is 0 Å². The molecule has 2 heteroatoms. The van der Waals surface area contributed by atoms with Gasteiger partial charge in [0.05, 0.1) is 0 Å². The lowest BCUT2D eigenvalue weighted by Crippen LogP contribution is -2.06. The molecular weight excluding hydrogens is 347 g/mol. The molecule has 0 fully saturated rings. The molecule has 128 valence electrons. The molecule has 0 saturated heterocycles. The molecule has 2 unspecified atom stereocenters. The first-order chi connectivity index (χ1) is 11.9. The van der Waals surface area contributed by atoms with Gasteiger partial charge in [-0.2, -0.15) is 0 Å². The standard InChI is InChI=1S/C23H22Cl2/c1-12-7-5-9-16-18(14(3)22(24)20(12)16)11-19-15(4)23(25)21-13(2)8-6-10-17(19)21/h5-10,18-19H,11H2,1-4H3. The summed E-state index contributed by atoms with van der Waals surface area (Å²) in [6.45, 7) is 8.65. The second-order valence-corrected chi connectivity index (χ2v) is 8.17. The zero-order valence-corrected chi connectivity index (χ0v) is 16.6. The Bertz CT molecular complexity index is 869. The van der Waals surface area contributed by atoms with Crippen LogP contribution in [-0.4, -0.2) is 0 Å². The third kappa shape index (κ3) is 2.42. The molecule has 0 aromatic heterocycles. The van der Waals surface area contributed by atoms with Crippen LogP contribution in [0.25, 0.3) is 10.1 Å². The van der Waals surface area contributed by atoms with Gasteiger partial charge in [0.15, 0.2) is 0 Å². The quantitative estimate of drug-likeness (QED) is 0.513. The monoisotopic (exact) mass is 368 g/mol. The molecule has 0 bridgehead atoms. The van der Waals surface area contributed by atoms with Gasteiger partial charge in [-0.05, 0) is 78.6 Å². The fourth-order valence-corrected chi connectivity index (χ4v) is 5.35. The largest absolute Gasteiger partial charge is 0.0837 e. The molecule has 2 aromatic rings. The highest BCUT2D eigenvalue weighted by Gasteiger charge is 2.35. The van der Waals surface area contributed by atoms with Gasteiger partial charge in [0.2, 0.25) is 0 Å². The predicted octanol–water partition coefficient (Wildman–Crippen LogP) is 7.53. The van der Waals surface area contributed by atoms with Crippen LogP contribution in [0, 0.1) is 13.8 Å². The molecule has 0 saturated carbocycles. The molecule has 2 aliphatic rings. The van der Waals surface area contributed by atoms with Crippen LogP contribution in [0.1, 0.15) is 65.5 Å². The van der Waals surface area contributed by atoms with Crippen molar-refractivity contribution in [1.82, 2.24) is 0 Å². The van der Waals surface area contributed by atoms with E-state index in [2.05, 4.69) is 64.1 Å². The molecule has 0 aliphatic heterocycles. The Balaban J connectivity index is 1.79. The number of allylic oxidation sites excluding steroid dienone is 2. The van der Waals surface area contributed by atoms with E-state index < -0.39 is 0 Å². The van der Waals surface area contributed by atoms with E-state index in [1.807, 2.05) is 0 Å². The Morgan fingerprint density at radius 3 is 1.48 bits per heavy atom. The van der Waals surface area contributed by atoms with E-state index in [0.717, 1.165) is 16.5 Å². The average molecular weight is 369 g/mol. The van der Waals surface area contributed by atoms with Crippen LogP contribution < -0.4 is 0 Å². The third-order valence-electron chi connectivity index (χ3n) is 6.01. The Labute approximate surface area is 160 Å². The number of aryl methyl sites for hydroxylation is 2. The maximum Gasteiger partial charge on any atom is 0.0479 e. The molecular formula is C23H22Cl2. The number of fused-ring (bicyclic) bond motifs is 2. The zero-order chi connectivity index (χ0) is 17.9. The van der Waals surface area contributed by atoms with Crippen LogP contribution in [0.2, 0.25) is 0 Å². The SMILES string of the molecule is CC1=C(Cl)c2c(C)cccc2C1CC1C(C)=C(Cl)c2c(C)cccc21. The van der Waals surface area contributed by atoms with Gasteiger partial charge in [0.25, 0.3) is 0 Å². The van der Waals surface area contributed by atoms with Crippen LogP contribution in [0.15, 0.2) is 47.5 Å². The van der Waals surface area contributed by atoms with Crippen LogP contribution in [0.4, 0.5) is 0 Å². The zero-order valence-electron chi connectivity index (χ0n) is 15.1. The summed E-state index contributed by atoms with van der Waals surface area (Å²) in [5.41, 5.74) is 10.3. The van der Waals surface area contributed by atoms with Crippen LogP contribution >= 0.6 is 23.2 Å². The second-order valence-electron chi connectivity index (χ2n) is 7.41. The van der Waals surface area contributed by atoms with Crippen molar-refractivity contribution in [3.8, 4) is 0 Å². The van der Waals surface area contributed by atoms with Crippen molar-refractivity contribution in [3.05, 3.63) is 80.9 Å². The minimum atomic E-state index is 0.360. The van der Waals surface area contributed by atoms with Crippen LogP contribution in [0.5, 0.6) is 0 Å². The first-order valence-electron chi connectivity index (χ1n) is 8.84. The molecule has 0 spiro atoms. The lowest BCUT2D eigenvalue weighted by molar-refractivity contribution is 0.642. The highest BCUT2D eigenvalue weighted by atomic mass is 35.5. The Morgan fingerprint density at radius 2 is 1.08 bits per heavy atom. The van der Waals surface area contributed by atoms with E-state index in [1.54, 1.807) is 0 Å². The molecule has 2 aromatic carbocycles. The highest BCUT2D eigenvalue weighted by Crippen LogP contribution is 2.53. The average Bonchev–Trinajstić information content (AvgIpc) is 2.97. The summed E-state index contributed by atoms with van der Waals surface area (Å²) in [6.07, 6.45) is 1.02. The molecule has 25 heavy (non-hydrogen) atoms. The van der Waals surface area contributed by atoms with Crippen molar-refractivity contribution in [2.75, 3.05) is 0 Å². The summed E-state index contributed by atoms with van der Waals surface area (Å²) in [5.74, 6) is 0.719. The Hall–Kier alpha value is -1.50.